The Morgan fingerprint density at radius 1 is 1.06 bits per heavy atom. The fraction of sp³-hybridized carbons (Fsp3) is 0.292. The van der Waals surface area contributed by atoms with Crippen molar-refractivity contribution in [3.8, 4) is 0 Å². The minimum absolute atomic E-state index is 0.0569. The van der Waals surface area contributed by atoms with E-state index in [4.69, 9.17) is 4.74 Å². The second-order valence-corrected chi connectivity index (χ2v) is 7.96. The van der Waals surface area contributed by atoms with Crippen molar-refractivity contribution in [2.24, 2.45) is 0 Å². The standard InChI is InChI=1S/C24H24F3N5O3/c25-24(26,27)18-4-5-21(32-10-12-35-13-11-32)20(15-18)30-23(34)17-2-1-3-19(14-17)29-22(33)6-8-31-9-7-28-16-31/h1-5,7,9,14-16H,6,8,10-13H2,(H,29,33)(H,30,34). The number of carbonyl (C=O) groups is 2. The molecule has 4 rings (SSSR count). The van der Waals surface area contributed by atoms with E-state index >= 15 is 0 Å². The lowest BCUT2D eigenvalue weighted by Crippen LogP contribution is -2.36. The number of carbonyl (C=O) groups excluding carboxylic acids is 2. The number of aromatic nitrogens is 2. The van der Waals surface area contributed by atoms with Gasteiger partial charge in [-0.05, 0) is 36.4 Å². The second kappa shape index (κ2) is 10.6. The molecule has 8 nitrogen and oxygen atoms in total. The quantitative estimate of drug-likeness (QED) is 0.526. The van der Waals surface area contributed by atoms with Crippen LogP contribution in [0.1, 0.15) is 22.3 Å². The average Bonchev–Trinajstić information content (AvgIpc) is 3.37. The largest absolute Gasteiger partial charge is 0.416 e. The van der Waals surface area contributed by atoms with Crippen molar-refractivity contribution in [3.63, 3.8) is 0 Å². The van der Waals surface area contributed by atoms with Crippen LogP contribution in [0.2, 0.25) is 0 Å². The molecule has 11 heteroatoms. The van der Waals surface area contributed by atoms with Crippen LogP contribution in [-0.4, -0.2) is 47.7 Å². The lowest BCUT2D eigenvalue weighted by atomic mass is 10.1. The number of hydrogen-bond acceptors (Lipinski definition) is 5. The third kappa shape index (κ3) is 6.38. The molecule has 0 radical (unpaired) electrons. The molecule has 1 aliphatic rings. The fourth-order valence-corrected chi connectivity index (χ4v) is 3.70. The summed E-state index contributed by atoms with van der Waals surface area (Å²) in [5, 5.41) is 5.35. The Balaban J connectivity index is 1.49. The molecule has 1 aliphatic heterocycles. The predicted molar refractivity (Wildman–Crippen MR) is 124 cm³/mol. The number of amides is 2. The van der Waals surface area contributed by atoms with Gasteiger partial charge in [-0.25, -0.2) is 4.98 Å². The van der Waals surface area contributed by atoms with E-state index in [1.54, 1.807) is 35.4 Å². The molecule has 1 aromatic heterocycles. The van der Waals surface area contributed by atoms with Crippen LogP contribution >= 0.6 is 0 Å². The number of nitrogens with one attached hydrogen (secondary N) is 2. The molecule has 0 bridgehead atoms. The summed E-state index contributed by atoms with van der Waals surface area (Å²) in [6, 6.07) is 9.53. The zero-order valence-electron chi connectivity index (χ0n) is 18.7. The van der Waals surface area contributed by atoms with E-state index in [1.807, 2.05) is 4.90 Å². The average molecular weight is 487 g/mol. The number of rotatable bonds is 7. The molecule has 1 saturated heterocycles. The lowest BCUT2D eigenvalue weighted by Gasteiger charge is -2.31. The number of nitrogens with zero attached hydrogens (tertiary/aromatic N) is 3. The zero-order chi connectivity index (χ0) is 24.8. The minimum Gasteiger partial charge on any atom is -0.378 e. The summed E-state index contributed by atoms with van der Waals surface area (Å²) in [6.07, 6.45) is 0.632. The van der Waals surface area contributed by atoms with Gasteiger partial charge in [0.1, 0.15) is 0 Å². The Morgan fingerprint density at radius 3 is 2.57 bits per heavy atom. The lowest BCUT2D eigenvalue weighted by molar-refractivity contribution is -0.137. The molecule has 35 heavy (non-hydrogen) atoms. The minimum atomic E-state index is -4.55. The molecule has 0 unspecified atom stereocenters. The molecule has 2 N–H and O–H groups in total. The van der Waals surface area contributed by atoms with E-state index in [-0.39, 0.29) is 23.6 Å². The first kappa shape index (κ1) is 24.3. The van der Waals surface area contributed by atoms with Crippen molar-refractivity contribution in [1.29, 1.82) is 0 Å². The molecule has 184 valence electrons. The van der Waals surface area contributed by atoms with Crippen LogP contribution in [0.4, 0.5) is 30.2 Å². The van der Waals surface area contributed by atoms with Crippen molar-refractivity contribution in [1.82, 2.24) is 9.55 Å². The van der Waals surface area contributed by atoms with Crippen molar-refractivity contribution in [3.05, 3.63) is 72.3 Å². The number of alkyl halides is 3. The molecule has 0 atom stereocenters. The summed E-state index contributed by atoms with van der Waals surface area (Å²) in [6.45, 7) is 2.32. The number of hydrogen-bond donors (Lipinski definition) is 2. The summed E-state index contributed by atoms with van der Waals surface area (Å²) >= 11 is 0. The van der Waals surface area contributed by atoms with Crippen LogP contribution in [0.15, 0.2) is 61.2 Å². The number of imidazole rings is 1. The van der Waals surface area contributed by atoms with Crippen LogP contribution < -0.4 is 15.5 Å². The summed E-state index contributed by atoms with van der Waals surface area (Å²) in [7, 11) is 0. The first-order valence-electron chi connectivity index (χ1n) is 11.0. The zero-order valence-corrected chi connectivity index (χ0v) is 18.7. The van der Waals surface area contributed by atoms with Gasteiger partial charge in [0.2, 0.25) is 5.91 Å². The van der Waals surface area contributed by atoms with Crippen LogP contribution in [0, 0.1) is 0 Å². The van der Waals surface area contributed by atoms with Gasteiger partial charge in [0, 0.05) is 49.7 Å². The van der Waals surface area contributed by atoms with E-state index in [9.17, 15) is 22.8 Å². The maximum absolute atomic E-state index is 13.3. The van der Waals surface area contributed by atoms with Crippen LogP contribution in [0.5, 0.6) is 0 Å². The van der Waals surface area contributed by atoms with Gasteiger partial charge >= 0.3 is 6.18 Å². The number of ether oxygens (including phenoxy) is 1. The number of anilines is 3. The van der Waals surface area contributed by atoms with E-state index < -0.39 is 17.6 Å². The number of benzene rings is 2. The summed E-state index contributed by atoms with van der Waals surface area (Å²) in [4.78, 5) is 31.0. The molecule has 2 amide bonds. The summed E-state index contributed by atoms with van der Waals surface area (Å²) < 4.78 is 47.1. The molecule has 1 fully saturated rings. The maximum Gasteiger partial charge on any atom is 0.416 e. The van der Waals surface area contributed by atoms with Gasteiger partial charge in [-0.15, -0.1) is 0 Å². The molecule has 0 spiro atoms. The van der Waals surface area contributed by atoms with E-state index in [2.05, 4.69) is 15.6 Å². The smallest absolute Gasteiger partial charge is 0.378 e. The van der Waals surface area contributed by atoms with Gasteiger partial charge in [-0.1, -0.05) is 6.07 Å². The Labute approximate surface area is 199 Å². The van der Waals surface area contributed by atoms with Crippen molar-refractivity contribution >= 4 is 28.9 Å². The molecule has 2 aromatic carbocycles. The summed E-state index contributed by atoms with van der Waals surface area (Å²) in [5.41, 5.74) is 0.289. The maximum atomic E-state index is 13.3. The van der Waals surface area contributed by atoms with Crippen LogP contribution in [0.3, 0.4) is 0 Å². The topological polar surface area (TPSA) is 88.5 Å². The Morgan fingerprint density at radius 2 is 1.86 bits per heavy atom. The molecule has 2 heterocycles. The predicted octanol–water partition coefficient (Wildman–Crippen LogP) is 4.02. The highest BCUT2D eigenvalue weighted by Gasteiger charge is 2.32. The number of aryl methyl sites for hydroxylation is 1. The Hall–Kier alpha value is -3.86. The van der Waals surface area contributed by atoms with Crippen LogP contribution in [-0.2, 0) is 22.3 Å². The van der Waals surface area contributed by atoms with E-state index in [1.165, 1.54) is 18.2 Å². The van der Waals surface area contributed by atoms with Gasteiger partial charge < -0.3 is 24.8 Å². The van der Waals surface area contributed by atoms with Gasteiger partial charge in [0.25, 0.3) is 5.91 Å². The molecular weight excluding hydrogens is 463 g/mol. The van der Waals surface area contributed by atoms with E-state index in [0.717, 1.165) is 12.1 Å². The number of halogens is 3. The Kier molecular flexibility index (Phi) is 7.35. The first-order valence-corrected chi connectivity index (χ1v) is 11.0. The monoisotopic (exact) mass is 487 g/mol. The molecule has 3 aromatic rings. The van der Waals surface area contributed by atoms with Crippen molar-refractivity contribution in [2.45, 2.75) is 19.1 Å². The SMILES string of the molecule is O=C(CCn1ccnc1)Nc1cccc(C(=O)Nc2cc(C(F)(F)F)ccc2N2CCOCC2)c1. The van der Waals surface area contributed by atoms with Crippen LogP contribution in [0.25, 0.3) is 0 Å². The van der Waals surface area contributed by atoms with Gasteiger partial charge in [0.15, 0.2) is 0 Å². The normalized spacial score (nSPS) is 14.0. The third-order valence-corrected chi connectivity index (χ3v) is 5.49. The molecule has 0 aliphatic carbocycles. The van der Waals surface area contributed by atoms with Crippen molar-refractivity contribution < 1.29 is 27.5 Å². The van der Waals surface area contributed by atoms with Gasteiger partial charge in [-0.3, -0.25) is 9.59 Å². The highest BCUT2D eigenvalue weighted by molar-refractivity contribution is 6.07. The van der Waals surface area contributed by atoms with E-state index in [0.29, 0.717) is 44.2 Å². The fourth-order valence-electron chi connectivity index (χ4n) is 3.70. The highest BCUT2D eigenvalue weighted by Crippen LogP contribution is 2.36. The highest BCUT2D eigenvalue weighted by atomic mass is 19.4. The third-order valence-electron chi connectivity index (χ3n) is 5.49. The summed E-state index contributed by atoms with van der Waals surface area (Å²) in [5.74, 6) is -0.836. The van der Waals surface area contributed by atoms with Gasteiger partial charge in [0.05, 0.1) is 36.5 Å². The first-order chi connectivity index (χ1) is 16.8. The molecule has 0 saturated carbocycles. The second-order valence-electron chi connectivity index (χ2n) is 7.96. The van der Waals surface area contributed by atoms with Crippen molar-refractivity contribution in [2.75, 3.05) is 41.8 Å². The number of morpholine rings is 1. The molecular formula is C24H24F3N5O3. The van der Waals surface area contributed by atoms with Gasteiger partial charge in [-0.2, -0.15) is 13.2 Å². The Bertz CT molecular complexity index is 1180.